The summed E-state index contributed by atoms with van der Waals surface area (Å²) in [7, 11) is 1.10. The number of nitrogens with zero attached hydrogens (tertiary/aromatic N) is 23. The van der Waals surface area contributed by atoms with Gasteiger partial charge in [0.1, 0.15) is 56.4 Å². The van der Waals surface area contributed by atoms with Crippen LogP contribution in [-0.2, 0) is 6.18 Å². The molecule has 44 nitrogen and oxygen atoms in total. The minimum absolute atomic E-state index is 0.00944. The molecule has 12 aromatic rings. The molecule has 764 valence electrons. The van der Waals surface area contributed by atoms with Crippen LogP contribution in [0.3, 0.4) is 0 Å². The lowest BCUT2D eigenvalue weighted by atomic mass is 10.1. The van der Waals surface area contributed by atoms with Gasteiger partial charge < -0.3 is 94.8 Å². The predicted molar refractivity (Wildman–Crippen MR) is 533 cm³/mol. The number of carbonyl (C=O) groups excluding carboxylic acids is 4. The molecule has 0 aromatic carbocycles. The normalized spacial score (nSPS) is 17.6. The van der Waals surface area contributed by atoms with Crippen LogP contribution < -0.4 is 84.2 Å². The number of amides is 8. The number of urea groups is 4. The van der Waals surface area contributed by atoms with Gasteiger partial charge in [-0.2, -0.15) is 28.2 Å². The lowest BCUT2D eigenvalue weighted by molar-refractivity contribution is -0.139. The first kappa shape index (κ1) is 102. The van der Waals surface area contributed by atoms with E-state index in [1.165, 1.54) is 54.3 Å². The summed E-state index contributed by atoms with van der Waals surface area (Å²) in [5, 5.41) is 91.1. The van der Waals surface area contributed by atoms with E-state index >= 15 is 0 Å². The molecule has 8 atom stereocenters. The Balaban J connectivity index is 0.000000128. The quantitative estimate of drug-likeness (QED) is 0.0240. The molecule has 8 aliphatic heterocycles. The molecule has 9 aliphatic rings. The maximum atomic E-state index is 13.6. The third-order valence-electron chi connectivity index (χ3n) is 25.0. The lowest BCUT2D eigenvalue weighted by Crippen LogP contribution is -2.48. The summed E-state index contributed by atoms with van der Waals surface area (Å²) in [5.74, 6) is 2.22. The number of carbonyl (C=O) groups is 4. The molecule has 12 N–H and O–H groups in total. The number of anilines is 12. The topological polar surface area (TPSA) is 536 Å². The molecular formula is C95H98Cl4F3N27O17. The van der Waals surface area contributed by atoms with Crippen molar-refractivity contribution in [2.24, 2.45) is 0 Å². The third-order valence-corrected chi connectivity index (χ3v) is 26.1. The van der Waals surface area contributed by atoms with Gasteiger partial charge in [0, 0.05) is 147 Å². The van der Waals surface area contributed by atoms with Gasteiger partial charge in [-0.3, -0.25) is 54.9 Å². The minimum atomic E-state index is -4.73. The van der Waals surface area contributed by atoms with E-state index in [0.717, 1.165) is 110 Å². The van der Waals surface area contributed by atoms with Crippen molar-refractivity contribution < 1.29 is 96.9 Å². The standard InChI is InChI=1S/C25H24ClF3N6O5.C24H26ClN7O4.2C23H24ClN7O4/c1-39-23-17(25(27,28)29)6-13(9-31-23)21-18(26)8-19-22(33-21)35(15-3-5-34(19)10-15)24(38)32-14-2-4-30-20(7-14)40-12-16(37)11-36;25-19-8-20-23(29-22(19)14-9-27-31(10-14)16-1-2-16)32(17-4-6-30(20)11-17)24(35)28-15-3-5-26-21(7-15)36-13-18(34)12-33;2*1-13-6-14(2-4-26-13)21-17(24)7-18-22(29-21)31(15-3-5-30(18)10-15)23(34)28-19-8-25-9-20(27-19)35-12-16(33)11-32/h2,4,6-9,15-16,36-37H,3,5,10-12H2,1H3,(H,30,32,38);3,5,7-10,16-18,33-34H,1-2,4,6,11-13H2,(H,26,28,35);2*2,4,6-9,15-16,32-33H,3,5,10-12H2,1H3,(H,27,28,34)/t15-,16-;17-,18+;15-,16+;15-,16-/m0000/s1. The van der Waals surface area contributed by atoms with E-state index in [2.05, 4.69) is 90.9 Å². The highest BCUT2D eigenvalue weighted by Gasteiger charge is 2.47. The first-order valence-electron chi connectivity index (χ1n) is 46.4. The predicted octanol–water partition coefficient (Wildman–Crippen LogP) is 10.8. The average molecular weight is 2090 g/mol. The molecular weight excluding hydrogens is 1990 g/mol. The maximum Gasteiger partial charge on any atom is 0.421 e. The Morgan fingerprint density at radius 1 is 0.404 bits per heavy atom. The second kappa shape index (κ2) is 44.3. The number of ether oxygens (including phenoxy) is 5. The first-order chi connectivity index (χ1) is 70.4. The summed E-state index contributed by atoms with van der Waals surface area (Å²) in [6.45, 7) is 7.07. The summed E-state index contributed by atoms with van der Waals surface area (Å²) in [6, 6.07) is 20.2. The number of nitrogens with one attached hydrogen (secondary N) is 4. The minimum Gasteiger partial charge on any atom is -0.481 e. The zero-order chi connectivity index (χ0) is 102. The highest BCUT2D eigenvalue weighted by Crippen LogP contribution is 2.50. The maximum absolute atomic E-state index is 13.6. The van der Waals surface area contributed by atoms with Crippen molar-refractivity contribution in [1.29, 1.82) is 0 Å². The second-order valence-electron chi connectivity index (χ2n) is 35.3. The third kappa shape index (κ3) is 22.8. The Morgan fingerprint density at radius 3 is 1.10 bits per heavy atom. The van der Waals surface area contributed by atoms with E-state index < -0.39 is 86.6 Å². The van der Waals surface area contributed by atoms with Gasteiger partial charge in [0.05, 0.1) is 160 Å². The van der Waals surface area contributed by atoms with Crippen LogP contribution in [0.1, 0.15) is 61.5 Å². The fourth-order valence-electron chi connectivity index (χ4n) is 17.8. The van der Waals surface area contributed by atoms with Gasteiger partial charge in [0.2, 0.25) is 29.4 Å². The summed E-state index contributed by atoms with van der Waals surface area (Å²) >= 11 is 26.4. The number of hydrogen-bond donors (Lipinski definition) is 12. The number of methoxy groups -OCH3 is 1. The van der Waals surface area contributed by atoms with Crippen LogP contribution in [0.25, 0.3) is 45.0 Å². The van der Waals surface area contributed by atoms with Gasteiger partial charge >= 0.3 is 30.3 Å². The number of aromatic nitrogens is 15. The van der Waals surface area contributed by atoms with Gasteiger partial charge in [-0.25, -0.2) is 54.1 Å². The number of fused-ring (bicyclic) bond motifs is 16. The molecule has 12 aromatic heterocycles. The van der Waals surface area contributed by atoms with E-state index in [1.807, 2.05) is 72.1 Å². The summed E-state index contributed by atoms with van der Waals surface area (Å²) in [4.78, 5) is 125. The van der Waals surface area contributed by atoms with Crippen molar-refractivity contribution in [3.8, 4) is 74.4 Å². The van der Waals surface area contributed by atoms with Crippen LogP contribution in [0.2, 0.25) is 20.1 Å². The molecule has 5 fully saturated rings. The van der Waals surface area contributed by atoms with Crippen molar-refractivity contribution in [2.75, 3.05) is 173 Å². The van der Waals surface area contributed by atoms with Crippen LogP contribution in [0.4, 0.5) is 101 Å². The summed E-state index contributed by atoms with van der Waals surface area (Å²) in [5.41, 5.74) is 8.70. The number of aliphatic hydroxyl groups is 8. The Hall–Kier alpha value is -14.4. The highest BCUT2D eigenvalue weighted by molar-refractivity contribution is 6.35. The SMILES string of the molecule is COc1ncc(-c2nc3c(cc2Cl)N2CC[C@@H](C2)N3C(=O)Nc2ccnc(OC[C@@H](O)CO)c2)cc1C(F)(F)F.Cc1cc(-c2nc3c(cc2Cl)N2CC[C@@H](C2)N3C(=O)Nc2cncc(OC[C@@H](O)CO)n2)ccn1.Cc1cc(-c2nc3c(cc2Cl)N2CC[C@@H](C2)N3C(=O)Nc2cncc(OC[C@H](O)CO)n2)ccn1.O=C(Nc1ccnc(OC[C@H](O)CO)c1)N1c2nc(-c3cnn(C4CC4)c3)c(Cl)cc2N2CC[C@H]1C2. The van der Waals surface area contributed by atoms with Gasteiger partial charge in [-0.05, 0) is 119 Å². The smallest absolute Gasteiger partial charge is 0.421 e. The molecule has 146 heavy (non-hydrogen) atoms. The van der Waals surface area contributed by atoms with Crippen LogP contribution in [0.15, 0.2) is 147 Å². The number of rotatable bonds is 26. The largest absolute Gasteiger partial charge is 0.481 e. The summed E-state index contributed by atoms with van der Waals surface area (Å²) in [6.07, 6.45) is 13.1. The van der Waals surface area contributed by atoms with Gasteiger partial charge in [0.25, 0.3) is 0 Å². The molecule has 20 heterocycles. The monoisotopic (exact) mass is 2090 g/mol. The number of pyridine rings is 9. The van der Waals surface area contributed by atoms with Crippen LogP contribution in [0, 0.1) is 13.8 Å². The number of hydrogen-bond acceptors (Lipinski definition) is 35. The van der Waals surface area contributed by atoms with Crippen LogP contribution in [0.5, 0.6) is 29.4 Å². The number of aryl methyl sites for hydroxylation is 2. The van der Waals surface area contributed by atoms with E-state index in [-0.39, 0.29) is 114 Å². The van der Waals surface area contributed by atoms with E-state index in [4.69, 9.17) is 105 Å². The molecule has 8 amide bonds. The molecule has 0 radical (unpaired) electrons. The van der Waals surface area contributed by atoms with Crippen molar-refractivity contribution >= 4 is 140 Å². The van der Waals surface area contributed by atoms with E-state index in [0.29, 0.717) is 112 Å². The molecule has 8 bridgehead atoms. The zero-order valence-electron chi connectivity index (χ0n) is 78.3. The second-order valence-corrected chi connectivity index (χ2v) is 37.0. The lowest BCUT2D eigenvalue weighted by Gasteiger charge is -2.36. The zero-order valence-corrected chi connectivity index (χ0v) is 81.3. The molecule has 0 unspecified atom stereocenters. The van der Waals surface area contributed by atoms with Gasteiger partial charge in [-0.15, -0.1) is 0 Å². The van der Waals surface area contributed by atoms with Crippen molar-refractivity contribution in [1.82, 2.24) is 74.6 Å². The highest BCUT2D eigenvalue weighted by atomic mass is 35.5. The van der Waals surface area contributed by atoms with Gasteiger partial charge in [0.15, 0.2) is 34.9 Å². The Kier molecular flexibility index (Phi) is 30.8. The summed E-state index contributed by atoms with van der Waals surface area (Å²) < 4.78 is 69.1. The number of halogens is 7. The molecule has 51 heteroatoms. The van der Waals surface area contributed by atoms with Crippen molar-refractivity contribution in [2.45, 2.75) is 113 Å². The molecule has 4 saturated heterocycles. The molecule has 21 rings (SSSR count). The molecule has 0 spiro atoms. The average Bonchev–Trinajstić information content (AvgIpc) is 1.53. The number of alkyl halides is 3. The fourth-order valence-corrected chi connectivity index (χ4v) is 18.8. The first-order valence-corrected chi connectivity index (χ1v) is 47.9. The van der Waals surface area contributed by atoms with Crippen molar-refractivity contribution in [3.05, 3.63) is 184 Å². The number of aliphatic hydroxyl groups excluding tert-OH is 8. The molecule has 1 aliphatic carbocycles. The van der Waals surface area contributed by atoms with Crippen molar-refractivity contribution in [3.63, 3.8) is 0 Å². The fraction of sp³-hybridized carbons (Fsp3) is 0.368. The van der Waals surface area contributed by atoms with Gasteiger partial charge in [-0.1, -0.05) is 46.4 Å². The van der Waals surface area contributed by atoms with Crippen LogP contribution in [-0.4, -0.2) is 300 Å². The Morgan fingerprint density at radius 2 is 0.753 bits per heavy atom. The van der Waals surface area contributed by atoms with Crippen LogP contribution >= 0.6 is 46.4 Å². The molecule has 1 saturated carbocycles. The Labute approximate surface area is 850 Å². The van der Waals surface area contributed by atoms with E-state index in [9.17, 15) is 52.8 Å². The Bertz CT molecular complexity index is 6650. The van der Waals surface area contributed by atoms with E-state index in [1.54, 1.807) is 57.6 Å².